The molecule has 0 saturated heterocycles. The summed E-state index contributed by atoms with van der Waals surface area (Å²) in [5.74, 6) is -1.44. The van der Waals surface area contributed by atoms with E-state index in [-0.39, 0.29) is 33.2 Å². The fourth-order valence-electron chi connectivity index (χ4n) is 2.82. The monoisotopic (exact) mass is 544 g/mol. The molecule has 34 heavy (non-hydrogen) atoms. The van der Waals surface area contributed by atoms with Gasteiger partial charge in [-0.1, -0.05) is 35.9 Å². The Labute approximate surface area is 205 Å². The van der Waals surface area contributed by atoms with Gasteiger partial charge in [-0.15, -0.1) is 0 Å². The molecule has 0 aliphatic rings. The Hall–Kier alpha value is -4.09. The molecule has 0 heterocycles. The average Bonchev–Trinajstić information content (AvgIpc) is 2.80. The normalized spacial score (nSPS) is 10.9. The summed E-state index contributed by atoms with van der Waals surface area (Å²) in [5.41, 5.74) is -0.309. The number of nitrogens with one attached hydrogen (secondary N) is 2. The number of nitro groups is 2. The third kappa shape index (κ3) is 6.03. The van der Waals surface area contributed by atoms with E-state index in [2.05, 4.69) is 26.6 Å². The van der Waals surface area contributed by atoms with Gasteiger partial charge in [0.2, 0.25) is 0 Å². The Kier molecular flexibility index (Phi) is 7.71. The Balaban J connectivity index is 1.98. The summed E-state index contributed by atoms with van der Waals surface area (Å²) < 4.78 is 0.482. The highest BCUT2D eigenvalue weighted by molar-refractivity contribution is 9.10. The molecule has 0 aromatic heterocycles. The van der Waals surface area contributed by atoms with Gasteiger partial charge in [0.05, 0.1) is 15.4 Å². The number of non-ortho nitro benzene ring substituents is 1. The zero-order valence-electron chi connectivity index (χ0n) is 17.0. The second-order valence-corrected chi connectivity index (χ2v) is 7.98. The smallest absolute Gasteiger partial charge is 0.289 e. The highest BCUT2D eigenvalue weighted by Crippen LogP contribution is 2.27. The standard InChI is InChI=1S/C22H14BrClN4O6/c23-17-7-2-1-6-16(17)21(29)26-19(11-13-4-3-5-15(10-13)27(31)32)22(30)25-14-8-9-18(24)20(12-14)28(33)34/h1-12H,(H,25,30)(H,26,29)/b19-11-. The summed E-state index contributed by atoms with van der Waals surface area (Å²) in [6, 6.07) is 15.6. The van der Waals surface area contributed by atoms with Gasteiger partial charge in [0.1, 0.15) is 10.7 Å². The van der Waals surface area contributed by atoms with Crippen LogP contribution in [0.4, 0.5) is 17.1 Å². The molecule has 0 radical (unpaired) electrons. The minimum atomic E-state index is -0.816. The molecule has 0 unspecified atom stereocenters. The Morgan fingerprint density at radius 3 is 2.35 bits per heavy atom. The first-order valence-electron chi connectivity index (χ1n) is 9.43. The molecule has 0 aliphatic heterocycles. The van der Waals surface area contributed by atoms with Crippen LogP contribution in [0.3, 0.4) is 0 Å². The third-order valence-electron chi connectivity index (χ3n) is 4.40. The van der Waals surface area contributed by atoms with E-state index >= 15 is 0 Å². The van der Waals surface area contributed by atoms with Crippen molar-refractivity contribution >= 4 is 62.5 Å². The van der Waals surface area contributed by atoms with Crippen LogP contribution in [-0.4, -0.2) is 21.7 Å². The van der Waals surface area contributed by atoms with Gasteiger partial charge in [-0.25, -0.2) is 0 Å². The molecule has 3 rings (SSSR count). The minimum Gasteiger partial charge on any atom is -0.320 e. The van der Waals surface area contributed by atoms with Crippen molar-refractivity contribution in [2.45, 2.75) is 0 Å². The second-order valence-electron chi connectivity index (χ2n) is 6.72. The van der Waals surface area contributed by atoms with Crippen molar-refractivity contribution in [2.24, 2.45) is 0 Å². The molecular weight excluding hydrogens is 532 g/mol. The predicted octanol–water partition coefficient (Wildman–Crippen LogP) is 5.33. The molecule has 2 N–H and O–H groups in total. The number of hydrogen-bond acceptors (Lipinski definition) is 6. The van der Waals surface area contributed by atoms with Crippen LogP contribution >= 0.6 is 27.5 Å². The first-order chi connectivity index (χ1) is 16.2. The van der Waals surface area contributed by atoms with Crippen molar-refractivity contribution in [3.63, 3.8) is 0 Å². The summed E-state index contributed by atoms with van der Waals surface area (Å²) in [7, 11) is 0. The zero-order valence-corrected chi connectivity index (χ0v) is 19.4. The predicted molar refractivity (Wildman–Crippen MR) is 129 cm³/mol. The Morgan fingerprint density at radius 2 is 1.68 bits per heavy atom. The van der Waals surface area contributed by atoms with Crippen molar-refractivity contribution < 1.29 is 19.4 Å². The number of benzene rings is 3. The van der Waals surface area contributed by atoms with Gasteiger partial charge in [0, 0.05) is 28.4 Å². The SMILES string of the molecule is O=C(Nc1ccc(Cl)c([N+](=O)[O-])c1)/C(=C/c1cccc([N+](=O)[O-])c1)NC(=O)c1ccccc1Br. The van der Waals surface area contributed by atoms with Gasteiger partial charge in [0.15, 0.2) is 0 Å². The maximum absolute atomic E-state index is 13.0. The first kappa shape index (κ1) is 24.6. The van der Waals surface area contributed by atoms with E-state index in [4.69, 9.17) is 11.6 Å². The van der Waals surface area contributed by atoms with Gasteiger partial charge in [0.25, 0.3) is 23.2 Å². The van der Waals surface area contributed by atoms with Gasteiger partial charge >= 0.3 is 0 Å². The van der Waals surface area contributed by atoms with E-state index in [1.54, 1.807) is 18.2 Å². The maximum Gasteiger partial charge on any atom is 0.289 e. The van der Waals surface area contributed by atoms with E-state index in [9.17, 15) is 29.8 Å². The molecule has 0 bridgehead atoms. The van der Waals surface area contributed by atoms with Crippen LogP contribution in [-0.2, 0) is 4.79 Å². The van der Waals surface area contributed by atoms with Crippen molar-refractivity contribution in [1.82, 2.24) is 5.32 Å². The fraction of sp³-hybridized carbons (Fsp3) is 0. The van der Waals surface area contributed by atoms with Crippen molar-refractivity contribution in [3.8, 4) is 0 Å². The van der Waals surface area contributed by atoms with Gasteiger partial charge < -0.3 is 10.6 Å². The molecule has 2 amide bonds. The number of nitro benzene ring substituents is 2. The molecule has 0 spiro atoms. The van der Waals surface area contributed by atoms with Crippen LogP contribution in [0.1, 0.15) is 15.9 Å². The van der Waals surface area contributed by atoms with E-state index in [1.807, 2.05) is 0 Å². The molecular formula is C22H14BrClN4O6. The van der Waals surface area contributed by atoms with E-state index in [0.29, 0.717) is 4.47 Å². The fourth-order valence-corrected chi connectivity index (χ4v) is 3.47. The summed E-state index contributed by atoms with van der Waals surface area (Å²) in [6.07, 6.45) is 1.25. The van der Waals surface area contributed by atoms with E-state index in [1.165, 1.54) is 48.5 Å². The molecule has 3 aromatic carbocycles. The molecule has 0 fully saturated rings. The summed E-state index contributed by atoms with van der Waals surface area (Å²) in [6.45, 7) is 0. The van der Waals surface area contributed by atoms with E-state index in [0.717, 1.165) is 6.07 Å². The molecule has 0 atom stereocenters. The molecule has 172 valence electrons. The van der Waals surface area contributed by atoms with Gasteiger partial charge in [-0.2, -0.15) is 0 Å². The van der Waals surface area contributed by atoms with Crippen LogP contribution in [0.2, 0.25) is 5.02 Å². The van der Waals surface area contributed by atoms with Crippen LogP contribution in [0.25, 0.3) is 6.08 Å². The number of rotatable bonds is 7. The topological polar surface area (TPSA) is 144 Å². The van der Waals surface area contributed by atoms with Crippen molar-refractivity contribution in [2.75, 3.05) is 5.32 Å². The minimum absolute atomic E-state index is 0.0567. The zero-order chi connectivity index (χ0) is 24.8. The Bertz CT molecular complexity index is 1340. The maximum atomic E-state index is 13.0. The highest BCUT2D eigenvalue weighted by atomic mass is 79.9. The molecule has 0 saturated carbocycles. The third-order valence-corrected chi connectivity index (χ3v) is 5.42. The summed E-state index contributed by atoms with van der Waals surface area (Å²) in [5, 5.41) is 27.1. The van der Waals surface area contributed by atoms with Crippen LogP contribution < -0.4 is 10.6 Å². The van der Waals surface area contributed by atoms with Crippen molar-refractivity contribution in [1.29, 1.82) is 0 Å². The number of halogens is 2. The number of hydrogen-bond donors (Lipinski definition) is 2. The summed E-state index contributed by atoms with van der Waals surface area (Å²) in [4.78, 5) is 46.8. The molecule has 10 nitrogen and oxygen atoms in total. The Morgan fingerprint density at radius 1 is 0.941 bits per heavy atom. The average molecular weight is 546 g/mol. The molecule has 3 aromatic rings. The number of nitrogens with zero attached hydrogens (tertiary/aromatic N) is 2. The first-order valence-corrected chi connectivity index (χ1v) is 10.6. The number of amides is 2. The van der Waals surface area contributed by atoms with Crippen LogP contribution in [0, 0.1) is 20.2 Å². The molecule has 0 aliphatic carbocycles. The largest absolute Gasteiger partial charge is 0.320 e. The lowest BCUT2D eigenvalue weighted by Crippen LogP contribution is -2.31. The lowest BCUT2D eigenvalue weighted by molar-refractivity contribution is -0.385. The van der Waals surface area contributed by atoms with Crippen LogP contribution in [0.5, 0.6) is 0 Å². The van der Waals surface area contributed by atoms with E-state index < -0.39 is 27.3 Å². The number of carbonyl (C=O) groups is 2. The van der Waals surface area contributed by atoms with Gasteiger partial charge in [-0.3, -0.25) is 29.8 Å². The second kappa shape index (κ2) is 10.7. The molecule has 12 heteroatoms. The van der Waals surface area contributed by atoms with Crippen molar-refractivity contribution in [3.05, 3.63) is 113 Å². The number of anilines is 1. The summed E-state index contributed by atoms with van der Waals surface area (Å²) >= 11 is 9.07. The van der Waals surface area contributed by atoms with Crippen LogP contribution in [0.15, 0.2) is 76.9 Å². The highest BCUT2D eigenvalue weighted by Gasteiger charge is 2.19. The number of carbonyl (C=O) groups excluding carboxylic acids is 2. The van der Waals surface area contributed by atoms with Gasteiger partial charge in [-0.05, 0) is 51.8 Å². The lowest BCUT2D eigenvalue weighted by Gasteiger charge is -2.12. The quantitative estimate of drug-likeness (QED) is 0.233. The lowest BCUT2D eigenvalue weighted by atomic mass is 10.1.